The molecule has 1 unspecified atom stereocenters. The molecule has 34 heavy (non-hydrogen) atoms. The van der Waals surface area contributed by atoms with Crippen LogP contribution in [0.5, 0.6) is 0 Å². The monoisotopic (exact) mass is 483 g/mol. The molecule has 0 radical (unpaired) electrons. The van der Waals surface area contributed by atoms with E-state index in [1.807, 2.05) is 50.1 Å². The van der Waals surface area contributed by atoms with E-state index in [-0.39, 0.29) is 6.10 Å². The molecule has 1 saturated heterocycles. The van der Waals surface area contributed by atoms with Crippen molar-refractivity contribution in [1.29, 1.82) is 0 Å². The number of pyridine rings is 1. The highest BCUT2D eigenvalue weighted by molar-refractivity contribution is 7.97. The first-order chi connectivity index (χ1) is 16.5. The van der Waals surface area contributed by atoms with E-state index in [1.165, 1.54) is 5.56 Å². The van der Waals surface area contributed by atoms with E-state index in [0.29, 0.717) is 6.54 Å². The van der Waals surface area contributed by atoms with Crippen molar-refractivity contribution in [3.8, 4) is 0 Å². The summed E-state index contributed by atoms with van der Waals surface area (Å²) in [6.07, 6.45) is 7.22. The zero-order valence-electron chi connectivity index (χ0n) is 20.0. The smallest absolute Gasteiger partial charge is 0.166 e. The normalized spacial score (nSPS) is 17.9. The number of aromatic nitrogens is 4. The van der Waals surface area contributed by atoms with Crippen LogP contribution in [0.25, 0.3) is 0 Å². The predicted octanol–water partition coefficient (Wildman–Crippen LogP) is 2.24. The van der Waals surface area contributed by atoms with Crippen LogP contribution < -0.4 is 10.2 Å². The Kier molecular flexibility index (Phi) is 8.04. The summed E-state index contributed by atoms with van der Waals surface area (Å²) in [4.78, 5) is 23.0. The number of aliphatic hydroxyl groups is 1. The molecule has 5 rings (SSSR count). The van der Waals surface area contributed by atoms with Gasteiger partial charge < -0.3 is 24.5 Å². The number of nitrogens with zero attached hydrogens (tertiary/aromatic N) is 6. The van der Waals surface area contributed by atoms with Crippen LogP contribution in [0.15, 0.2) is 41.7 Å². The maximum absolute atomic E-state index is 11.0. The molecule has 3 aromatic rings. The van der Waals surface area contributed by atoms with Gasteiger partial charge in [-0.1, -0.05) is 6.07 Å². The van der Waals surface area contributed by atoms with E-state index in [0.717, 1.165) is 73.4 Å². The van der Waals surface area contributed by atoms with Gasteiger partial charge in [0.05, 0.1) is 18.3 Å². The lowest BCUT2D eigenvalue weighted by Gasteiger charge is -2.26. The van der Waals surface area contributed by atoms with Crippen LogP contribution >= 0.6 is 11.9 Å². The third kappa shape index (κ3) is 5.52. The minimum absolute atomic E-state index is 0.200. The second-order valence-corrected chi connectivity index (χ2v) is 9.73. The Morgan fingerprint density at radius 2 is 2.12 bits per heavy atom. The predicted molar refractivity (Wildman–Crippen MR) is 134 cm³/mol. The van der Waals surface area contributed by atoms with Gasteiger partial charge in [-0.05, 0) is 44.5 Å². The van der Waals surface area contributed by atoms with E-state index in [4.69, 9.17) is 0 Å². The number of fused-ring (bicyclic) bond motifs is 1. The Morgan fingerprint density at radius 1 is 1.26 bits per heavy atom. The highest BCUT2D eigenvalue weighted by Crippen LogP contribution is 2.30. The van der Waals surface area contributed by atoms with Crippen LogP contribution in [0.1, 0.15) is 34.0 Å². The number of β-amino-alcohol motifs (C(OH)–C–C–N with tert-alkyl or cyclic N) is 1. The van der Waals surface area contributed by atoms with Gasteiger partial charge in [0.15, 0.2) is 6.29 Å². The van der Waals surface area contributed by atoms with Crippen molar-refractivity contribution in [3.05, 3.63) is 59.6 Å². The van der Waals surface area contributed by atoms with Crippen LogP contribution in [0, 0.1) is 6.92 Å². The molecule has 0 aromatic carbocycles. The molecule has 2 aliphatic heterocycles. The zero-order chi connectivity index (χ0) is 24.1. The number of imidazole rings is 1. The second-order valence-electron chi connectivity index (χ2n) is 8.59. The molecule has 0 bridgehead atoms. The fourth-order valence-corrected chi connectivity index (χ4v) is 5.32. The van der Waals surface area contributed by atoms with Crippen LogP contribution in [0.4, 0.5) is 5.82 Å². The lowest BCUT2D eigenvalue weighted by molar-refractivity contribution is 0.111. The van der Waals surface area contributed by atoms with Crippen molar-refractivity contribution >= 4 is 24.1 Å². The fourth-order valence-electron chi connectivity index (χ4n) is 4.25. The summed E-state index contributed by atoms with van der Waals surface area (Å²) in [6.45, 7) is 7.24. The largest absolute Gasteiger partial charge is 0.391 e. The number of carbonyl (C=O) groups is 1. The minimum Gasteiger partial charge on any atom is -0.391 e. The van der Waals surface area contributed by atoms with Gasteiger partial charge in [0, 0.05) is 74.5 Å². The molecule has 0 amide bonds. The van der Waals surface area contributed by atoms with Gasteiger partial charge in [0.25, 0.3) is 0 Å². The van der Waals surface area contributed by atoms with Crippen molar-refractivity contribution in [2.45, 2.75) is 44.0 Å². The highest BCUT2D eigenvalue weighted by atomic mass is 32.2. The lowest BCUT2D eigenvalue weighted by Crippen LogP contribution is -2.28. The molecule has 0 aliphatic carbocycles. The molecule has 2 N–H and O–H groups in total. The number of hydrogen-bond acceptors (Lipinski definition) is 8. The number of hydrogen-bond donors (Lipinski definition) is 2. The lowest BCUT2D eigenvalue weighted by atomic mass is 10.2. The average molecular weight is 484 g/mol. The summed E-state index contributed by atoms with van der Waals surface area (Å²) in [5.41, 5.74) is 3.04. The number of rotatable bonds is 6. The maximum Gasteiger partial charge on any atom is 0.166 e. The SMILES string of the molecule is CNCc1cccnc1N1CCC(O)C1.Cc1c(SN2CCn3ccnc3C2)cc(C=O)n1C. The van der Waals surface area contributed by atoms with E-state index in [2.05, 4.69) is 35.1 Å². The van der Waals surface area contributed by atoms with Crippen molar-refractivity contribution in [3.63, 3.8) is 0 Å². The second kappa shape index (κ2) is 11.2. The summed E-state index contributed by atoms with van der Waals surface area (Å²) in [5, 5.41) is 12.6. The van der Waals surface area contributed by atoms with E-state index < -0.39 is 0 Å². The van der Waals surface area contributed by atoms with Crippen LogP contribution in [0.3, 0.4) is 0 Å². The van der Waals surface area contributed by atoms with Gasteiger partial charge in [-0.15, -0.1) is 0 Å². The number of aliphatic hydroxyl groups excluding tert-OH is 1. The van der Waals surface area contributed by atoms with E-state index in [1.54, 1.807) is 18.1 Å². The Hall–Kier alpha value is -2.66. The molecule has 1 fully saturated rings. The quantitative estimate of drug-likeness (QED) is 0.408. The maximum atomic E-state index is 11.0. The summed E-state index contributed by atoms with van der Waals surface area (Å²) >= 11 is 1.71. The van der Waals surface area contributed by atoms with Crippen molar-refractivity contribution in [1.82, 2.24) is 28.7 Å². The number of carbonyl (C=O) groups excluding carboxylic acids is 1. The summed E-state index contributed by atoms with van der Waals surface area (Å²) in [5.74, 6) is 2.10. The molecule has 182 valence electrons. The Labute approximate surface area is 204 Å². The standard InChI is InChI=1S/C13H16N4OS.C11H17N3O/c1-10-12(7-11(9-18)15(10)2)19-17-6-5-16-4-3-14-13(16)8-17;1-12-7-9-3-2-5-13-11(9)14-6-4-10(15)8-14/h3-4,7,9H,5-6,8H2,1-2H3;2-3,5,10,12,15H,4,6-8H2,1H3. The zero-order valence-corrected chi connectivity index (χ0v) is 20.8. The van der Waals surface area contributed by atoms with Gasteiger partial charge in [0.2, 0.25) is 0 Å². The third-order valence-corrected chi connectivity index (χ3v) is 7.46. The topological polar surface area (TPSA) is 91.5 Å². The first-order valence-corrected chi connectivity index (χ1v) is 12.3. The van der Waals surface area contributed by atoms with Crippen molar-refractivity contribution in [2.24, 2.45) is 7.05 Å². The Balaban J connectivity index is 0.000000166. The summed E-state index contributed by atoms with van der Waals surface area (Å²) < 4.78 is 6.41. The molecule has 1 atom stereocenters. The Bertz CT molecular complexity index is 1110. The van der Waals surface area contributed by atoms with Gasteiger partial charge >= 0.3 is 0 Å². The van der Waals surface area contributed by atoms with Gasteiger partial charge in [-0.3, -0.25) is 4.79 Å². The molecule has 10 heteroatoms. The van der Waals surface area contributed by atoms with Gasteiger partial charge in [-0.25, -0.2) is 14.3 Å². The highest BCUT2D eigenvalue weighted by Gasteiger charge is 2.23. The first kappa shape index (κ1) is 24.5. The van der Waals surface area contributed by atoms with E-state index in [9.17, 15) is 9.90 Å². The molecule has 3 aromatic heterocycles. The summed E-state index contributed by atoms with van der Waals surface area (Å²) in [6, 6.07) is 5.97. The fraction of sp³-hybridized carbons (Fsp3) is 0.458. The third-order valence-electron chi connectivity index (χ3n) is 6.28. The first-order valence-electron chi connectivity index (χ1n) is 11.6. The summed E-state index contributed by atoms with van der Waals surface area (Å²) in [7, 11) is 3.85. The molecule has 0 spiro atoms. The van der Waals surface area contributed by atoms with Crippen molar-refractivity contribution in [2.75, 3.05) is 31.6 Å². The minimum atomic E-state index is -0.200. The van der Waals surface area contributed by atoms with Crippen molar-refractivity contribution < 1.29 is 9.90 Å². The molecule has 9 nitrogen and oxygen atoms in total. The number of anilines is 1. The van der Waals surface area contributed by atoms with E-state index >= 15 is 0 Å². The van der Waals surface area contributed by atoms with Crippen LogP contribution in [-0.2, 0) is 26.7 Å². The molecule has 0 saturated carbocycles. The molecular formula is C24H33N7O2S. The average Bonchev–Trinajstić information content (AvgIpc) is 3.56. The molecular weight excluding hydrogens is 450 g/mol. The number of aldehydes is 1. The molecule has 2 aliphatic rings. The Morgan fingerprint density at radius 3 is 2.82 bits per heavy atom. The van der Waals surface area contributed by atoms with Crippen LogP contribution in [0.2, 0.25) is 0 Å². The number of nitrogens with one attached hydrogen (secondary N) is 1. The van der Waals surface area contributed by atoms with Gasteiger partial charge in [0.1, 0.15) is 11.6 Å². The van der Waals surface area contributed by atoms with Crippen LogP contribution in [-0.4, -0.2) is 67.6 Å². The molecule has 5 heterocycles. The van der Waals surface area contributed by atoms with Gasteiger partial charge in [-0.2, -0.15) is 0 Å².